The summed E-state index contributed by atoms with van der Waals surface area (Å²) in [4.78, 5) is 14.1. The molecule has 1 fully saturated rings. The van der Waals surface area contributed by atoms with Gasteiger partial charge in [-0.3, -0.25) is 4.79 Å². The van der Waals surface area contributed by atoms with Gasteiger partial charge in [0.25, 0.3) is 5.91 Å². The van der Waals surface area contributed by atoms with Crippen molar-refractivity contribution in [3.63, 3.8) is 0 Å². The Balaban J connectivity index is 2.10. The number of amides is 1. The number of methoxy groups -OCH3 is 1. The number of piperidine rings is 1. The first-order chi connectivity index (χ1) is 9.08. The maximum atomic E-state index is 12.4. The fraction of sp³-hybridized carbons (Fsp3) is 0.615. The van der Waals surface area contributed by atoms with Crippen molar-refractivity contribution >= 4 is 11.7 Å². The van der Waals surface area contributed by atoms with Gasteiger partial charge in [-0.05, 0) is 31.9 Å². The van der Waals surface area contributed by atoms with E-state index in [0.717, 1.165) is 19.4 Å². The SMILES string of the molecule is CNc1ccc(C(=O)N2CCCC(C)(OC)C2)nn1. The van der Waals surface area contributed by atoms with Gasteiger partial charge < -0.3 is 15.0 Å². The first-order valence-electron chi connectivity index (χ1n) is 6.44. The van der Waals surface area contributed by atoms with Gasteiger partial charge in [-0.25, -0.2) is 0 Å². The van der Waals surface area contributed by atoms with Crippen LogP contribution in [0.25, 0.3) is 0 Å². The second-order valence-corrected chi connectivity index (χ2v) is 5.04. The number of aromatic nitrogens is 2. The summed E-state index contributed by atoms with van der Waals surface area (Å²) in [6.07, 6.45) is 1.91. The minimum atomic E-state index is -0.258. The van der Waals surface area contributed by atoms with Crippen LogP contribution in [0.15, 0.2) is 12.1 Å². The van der Waals surface area contributed by atoms with Crippen LogP contribution in [0.4, 0.5) is 5.82 Å². The zero-order valence-corrected chi connectivity index (χ0v) is 11.6. The number of rotatable bonds is 3. The molecule has 1 saturated heterocycles. The lowest BCUT2D eigenvalue weighted by Crippen LogP contribution is -2.49. The zero-order valence-electron chi connectivity index (χ0n) is 11.6. The topological polar surface area (TPSA) is 67.4 Å². The van der Waals surface area contributed by atoms with E-state index in [9.17, 15) is 4.79 Å². The van der Waals surface area contributed by atoms with Crippen LogP contribution >= 0.6 is 0 Å². The molecule has 6 heteroatoms. The summed E-state index contributed by atoms with van der Waals surface area (Å²) in [6, 6.07) is 3.44. The molecule has 2 heterocycles. The highest BCUT2D eigenvalue weighted by Crippen LogP contribution is 2.24. The third-order valence-electron chi connectivity index (χ3n) is 3.58. The fourth-order valence-corrected chi connectivity index (χ4v) is 2.29. The van der Waals surface area contributed by atoms with Crippen LogP contribution in [0.5, 0.6) is 0 Å². The molecule has 0 aromatic carbocycles. The van der Waals surface area contributed by atoms with Crippen LogP contribution in [0.3, 0.4) is 0 Å². The molecule has 1 N–H and O–H groups in total. The Morgan fingerprint density at radius 1 is 1.47 bits per heavy atom. The van der Waals surface area contributed by atoms with E-state index in [1.165, 1.54) is 0 Å². The van der Waals surface area contributed by atoms with Crippen LogP contribution < -0.4 is 5.32 Å². The maximum Gasteiger partial charge on any atom is 0.274 e. The number of nitrogens with one attached hydrogen (secondary N) is 1. The largest absolute Gasteiger partial charge is 0.377 e. The van der Waals surface area contributed by atoms with Gasteiger partial charge in [0.1, 0.15) is 5.82 Å². The van der Waals surface area contributed by atoms with E-state index in [-0.39, 0.29) is 11.5 Å². The molecule has 1 aliphatic rings. The van der Waals surface area contributed by atoms with Crippen molar-refractivity contribution < 1.29 is 9.53 Å². The average Bonchev–Trinajstić information content (AvgIpc) is 2.46. The predicted octanol–water partition coefficient (Wildman–Crippen LogP) is 1.16. The molecule has 0 radical (unpaired) electrons. The van der Waals surface area contributed by atoms with Crippen LogP contribution in [-0.2, 0) is 4.74 Å². The Morgan fingerprint density at radius 2 is 2.26 bits per heavy atom. The molecule has 1 aromatic rings. The lowest BCUT2D eigenvalue weighted by atomic mass is 9.94. The quantitative estimate of drug-likeness (QED) is 0.887. The van der Waals surface area contributed by atoms with Gasteiger partial charge in [-0.1, -0.05) is 0 Å². The molecular weight excluding hydrogens is 244 g/mol. The molecule has 1 aromatic heterocycles. The van der Waals surface area contributed by atoms with Gasteiger partial charge in [0.05, 0.1) is 5.60 Å². The first-order valence-corrected chi connectivity index (χ1v) is 6.44. The normalized spacial score (nSPS) is 23.2. The molecule has 1 unspecified atom stereocenters. The standard InChI is InChI=1S/C13H20N4O2/c1-13(19-3)7-4-8-17(9-13)12(18)10-5-6-11(14-2)16-15-10/h5-6H,4,7-9H2,1-3H3,(H,14,16). The summed E-state index contributed by atoms with van der Waals surface area (Å²) in [5, 5.41) is 10.8. The van der Waals surface area contributed by atoms with E-state index in [1.807, 2.05) is 6.92 Å². The van der Waals surface area contributed by atoms with Crippen molar-refractivity contribution in [1.29, 1.82) is 0 Å². The van der Waals surface area contributed by atoms with E-state index in [2.05, 4.69) is 15.5 Å². The van der Waals surface area contributed by atoms with Crippen LogP contribution in [0.1, 0.15) is 30.3 Å². The lowest BCUT2D eigenvalue weighted by molar-refractivity contribution is -0.0441. The zero-order chi connectivity index (χ0) is 13.9. The van der Waals surface area contributed by atoms with Crippen molar-refractivity contribution in [3.8, 4) is 0 Å². The summed E-state index contributed by atoms with van der Waals surface area (Å²) in [6.45, 7) is 3.37. The molecule has 1 amide bonds. The van der Waals surface area contributed by atoms with E-state index < -0.39 is 0 Å². The van der Waals surface area contributed by atoms with Gasteiger partial charge in [-0.2, -0.15) is 0 Å². The van der Waals surface area contributed by atoms with Gasteiger partial charge in [0.15, 0.2) is 5.69 Å². The Kier molecular flexibility index (Phi) is 3.99. The fourth-order valence-electron chi connectivity index (χ4n) is 2.29. The minimum Gasteiger partial charge on any atom is -0.377 e. The molecule has 6 nitrogen and oxygen atoms in total. The Hall–Kier alpha value is -1.69. The molecular formula is C13H20N4O2. The number of carbonyl (C=O) groups excluding carboxylic acids is 1. The number of hydrogen-bond donors (Lipinski definition) is 1. The molecule has 0 bridgehead atoms. The van der Waals surface area contributed by atoms with Crippen molar-refractivity contribution in [2.24, 2.45) is 0 Å². The predicted molar refractivity (Wildman–Crippen MR) is 72.1 cm³/mol. The van der Waals surface area contributed by atoms with E-state index in [0.29, 0.717) is 18.1 Å². The molecule has 104 valence electrons. The second kappa shape index (κ2) is 5.52. The third-order valence-corrected chi connectivity index (χ3v) is 3.58. The first kappa shape index (κ1) is 13.7. The third kappa shape index (κ3) is 3.01. The van der Waals surface area contributed by atoms with Crippen LogP contribution in [-0.4, -0.2) is 53.9 Å². The summed E-state index contributed by atoms with van der Waals surface area (Å²) >= 11 is 0. The Bertz CT molecular complexity index is 448. The molecule has 0 saturated carbocycles. The summed E-state index contributed by atoms with van der Waals surface area (Å²) in [7, 11) is 3.45. The van der Waals surface area contributed by atoms with Crippen LogP contribution in [0.2, 0.25) is 0 Å². The summed E-state index contributed by atoms with van der Waals surface area (Å²) in [5.74, 6) is 0.565. The number of nitrogens with zero attached hydrogens (tertiary/aromatic N) is 3. The van der Waals surface area contributed by atoms with E-state index >= 15 is 0 Å². The molecule has 1 atom stereocenters. The molecule has 1 aliphatic heterocycles. The lowest BCUT2D eigenvalue weighted by Gasteiger charge is -2.39. The van der Waals surface area contributed by atoms with Crippen LogP contribution in [0, 0.1) is 0 Å². The van der Waals surface area contributed by atoms with E-state index in [4.69, 9.17) is 4.74 Å². The Labute approximate surface area is 113 Å². The monoisotopic (exact) mass is 264 g/mol. The molecule has 0 aliphatic carbocycles. The number of ether oxygens (including phenoxy) is 1. The highest BCUT2D eigenvalue weighted by Gasteiger charge is 2.33. The van der Waals surface area contributed by atoms with Gasteiger partial charge in [0.2, 0.25) is 0 Å². The number of hydrogen-bond acceptors (Lipinski definition) is 5. The number of carbonyl (C=O) groups is 1. The van der Waals surface area contributed by atoms with E-state index in [1.54, 1.807) is 31.2 Å². The summed E-state index contributed by atoms with van der Waals surface area (Å²) in [5.41, 5.74) is 0.117. The maximum absolute atomic E-state index is 12.4. The van der Waals surface area contributed by atoms with Crippen molar-refractivity contribution in [2.45, 2.75) is 25.4 Å². The summed E-state index contributed by atoms with van der Waals surface area (Å²) < 4.78 is 5.49. The smallest absolute Gasteiger partial charge is 0.274 e. The molecule has 19 heavy (non-hydrogen) atoms. The van der Waals surface area contributed by atoms with Crippen molar-refractivity contribution in [2.75, 3.05) is 32.6 Å². The molecule has 2 rings (SSSR count). The number of likely N-dealkylation sites (tertiary alicyclic amines) is 1. The van der Waals surface area contributed by atoms with Gasteiger partial charge in [0, 0.05) is 27.2 Å². The second-order valence-electron chi connectivity index (χ2n) is 5.04. The highest BCUT2D eigenvalue weighted by atomic mass is 16.5. The molecule has 0 spiro atoms. The minimum absolute atomic E-state index is 0.0851. The number of anilines is 1. The Morgan fingerprint density at radius 3 is 2.84 bits per heavy atom. The van der Waals surface area contributed by atoms with Gasteiger partial charge in [-0.15, -0.1) is 10.2 Å². The van der Waals surface area contributed by atoms with Crippen molar-refractivity contribution in [1.82, 2.24) is 15.1 Å². The average molecular weight is 264 g/mol. The highest BCUT2D eigenvalue weighted by molar-refractivity contribution is 5.92. The van der Waals surface area contributed by atoms with Gasteiger partial charge >= 0.3 is 0 Å². The van der Waals surface area contributed by atoms with Crippen molar-refractivity contribution in [3.05, 3.63) is 17.8 Å².